The molecule has 1 fully saturated rings. The predicted octanol–water partition coefficient (Wildman–Crippen LogP) is -4.92. The van der Waals surface area contributed by atoms with E-state index in [1.165, 1.54) is 12.3 Å². The van der Waals surface area contributed by atoms with Gasteiger partial charge in [-0.3, -0.25) is 9.09 Å². The molecule has 1 aromatic heterocycles. The minimum atomic E-state index is -4.95. The third-order valence-corrected chi connectivity index (χ3v) is 3.40. The molecule has 2 rings (SSSR count). The lowest BCUT2D eigenvalue weighted by atomic mass is 10.1. The molecule has 0 unspecified atom stereocenters. The molecule has 14 nitrogen and oxygen atoms in total. The van der Waals surface area contributed by atoms with Gasteiger partial charge in [0, 0.05) is 6.20 Å². The van der Waals surface area contributed by atoms with Gasteiger partial charge in [0.25, 0.3) is 0 Å². The number of phosphoric acid groups is 1. The van der Waals surface area contributed by atoms with Crippen molar-refractivity contribution in [3.8, 4) is 0 Å². The maximum atomic E-state index is 11.7. The highest BCUT2D eigenvalue weighted by Gasteiger charge is 2.48. The summed E-state index contributed by atoms with van der Waals surface area (Å²) in [6, 6.07) is 1.26. The van der Waals surface area contributed by atoms with Crippen LogP contribution in [0.2, 0.25) is 0 Å². The quantitative estimate of drug-likeness (QED) is 0.312. The summed E-state index contributed by atoms with van der Waals surface area (Å²) in [6.45, 7) is -0.629. The summed E-state index contributed by atoms with van der Waals surface area (Å²) in [6.07, 6.45) is -4.47. The number of nitrogen functional groups attached to an aromatic ring is 1. The summed E-state index contributed by atoms with van der Waals surface area (Å²) >= 11 is 0. The Bertz CT molecular complexity index is 619. The van der Waals surface area contributed by atoms with Crippen molar-refractivity contribution >= 4 is 13.6 Å². The Hall–Kier alpha value is -1.45. The van der Waals surface area contributed by atoms with Crippen molar-refractivity contribution in [2.75, 3.05) is 12.3 Å². The van der Waals surface area contributed by atoms with E-state index in [1.807, 2.05) is 0 Å². The van der Waals surface area contributed by atoms with Gasteiger partial charge in [-0.2, -0.15) is 4.98 Å². The smallest absolute Gasteiger partial charge is 0.412 e. The largest absolute Gasteiger partial charge is 0.470 e. The van der Waals surface area contributed by atoms with Crippen LogP contribution in [0, 0.1) is 0 Å². The normalized spacial score (nSPS) is 26.0. The highest BCUT2D eigenvalue weighted by molar-refractivity contribution is 7.46. The van der Waals surface area contributed by atoms with Crippen LogP contribution >= 0.6 is 7.82 Å². The Kier molecular flexibility index (Phi) is 9.45. The number of aliphatic hydroxyl groups is 2. The predicted molar refractivity (Wildman–Crippen MR) is 77.7 cm³/mol. The number of aromatic nitrogens is 2. The second-order valence-electron chi connectivity index (χ2n) is 4.34. The molecule has 1 aliphatic heterocycles. The third-order valence-electron chi connectivity index (χ3n) is 2.88. The van der Waals surface area contributed by atoms with Crippen LogP contribution in [-0.2, 0) is 13.8 Å². The van der Waals surface area contributed by atoms with Gasteiger partial charge in [-0.15, -0.1) is 0 Å². The van der Waals surface area contributed by atoms with Gasteiger partial charge in [-0.25, -0.2) is 9.36 Å². The van der Waals surface area contributed by atoms with Crippen LogP contribution in [0.3, 0.4) is 0 Å². The van der Waals surface area contributed by atoms with Gasteiger partial charge < -0.3 is 46.9 Å². The number of nitrogens with two attached hydrogens (primary N) is 1. The Morgan fingerprint density at radius 3 is 2.42 bits per heavy atom. The van der Waals surface area contributed by atoms with E-state index < -0.39 is 44.7 Å². The van der Waals surface area contributed by atoms with E-state index in [2.05, 4.69) is 9.51 Å². The first-order valence-electron chi connectivity index (χ1n) is 5.76. The summed E-state index contributed by atoms with van der Waals surface area (Å²) in [5, 5.41) is 18.9. The molecular formula is C9H20N3O11P. The molecule has 142 valence electrons. The molecule has 24 heavy (non-hydrogen) atoms. The monoisotopic (exact) mass is 377 g/mol. The first kappa shape index (κ1) is 24.8. The average molecular weight is 377 g/mol. The van der Waals surface area contributed by atoms with Gasteiger partial charge in [0.1, 0.15) is 24.1 Å². The number of anilines is 1. The fourth-order valence-corrected chi connectivity index (χ4v) is 2.53. The second kappa shape index (κ2) is 9.14. The molecule has 2 heterocycles. The molecule has 0 bridgehead atoms. The number of hydrogen-bond donors (Lipinski definition) is 5. The number of ether oxygens (including phenoxy) is 1. The van der Waals surface area contributed by atoms with Crippen molar-refractivity contribution in [1.29, 1.82) is 0 Å². The van der Waals surface area contributed by atoms with E-state index in [1.54, 1.807) is 0 Å². The standard InChI is InChI=1S/C9H14N3O8P.3H2O/c10-5-1-2-12(9(15)11-5)8-7(20-21(16,17)18)6(14)4(3-13)19-8;;;/h1-2,4,6-8,13-14H,3H2,(H2,10,11,15)(H2,16,17,18);3*1H2/t4-,6-,7-,8-;;;/m1.../s1. The fraction of sp³-hybridized carbons (Fsp3) is 0.556. The topological polar surface area (TPSA) is 272 Å². The summed E-state index contributed by atoms with van der Waals surface area (Å²) in [5.74, 6) is -0.0547. The number of aliphatic hydroxyl groups excluding tert-OH is 2. The number of phosphoric ester groups is 1. The molecule has 0 spiro atoms. The van der Waals surface area contributed by atoms with Crippen molar-refractivity contribution < 1.29 is 50.3 Å². The zero-order valence-corrected chi connectivity index (χ0v) is 12.9. The van der Waals surface area contributed by atoms with E-state index in [-0.39, 0.29) is 22.2 Å². The van der Waals surface area contributed by atoms with E-state index in [0.717, 1.165) is 4.57 Å². The molecule has 0 saturated carbocycles. The number of hydrogen-bond acceptors (Lipinski definition) is 8. The molecule has 12 N–H and O–H groups in total. The summed E-state index contributed by atoms with van der Waals surface area (Å²) in [5.41, 5.74) is 4.48. The van der Waals surface area contributed by atoms with Gasteiger partial charge in [0.2, 0.25) is 0 Å². The Morgan fingerprint density at radius 1 is 1.38 bits per heavy atom. The lowest BCUT2D eigenvalue weighted by Gasteiger charge is -2.22. The molecule has 1 aromatic rings. The van der Waals surface area contributed by atoms with Crippen LogP contribution in [0.4, 0.5) is 5.82 Å². The van der Waals surface area contributed by atoms with Crippen molar-refractivity contribution in [2.24, 2.45) is 0 Å². The zero-order chi connectivity index (χ0) is 15.8. The van der Waals surface area contributed by atoms with Crippen molar-refractivity contribution in [3.63, 3.8) is 0 Å². The van der Waals surface area contributed by atoms with Crippen LogP contribution in [-0.4, -0.2) is 70.9 Å². The van der Waals surface area contributed by atoms with E-state index in [0.29, 0.717) is 0 Å². The van der Waals surface area contributed by atoms with Crippen LogP contribution in [0.1, 0.15) is 6.23 Å². The molecule has 4 atom stereocenters. The fourth-order valence-electron chi connectivity index (χ4n) is 1.98. The summed E-state index contributed by atoms with van der Waals surface area (Å²) in [7, 11) is -4.95. The minimum absolute atomic E-state index is 0. The molecule has 0 amide bonds. The summed E-state index contributed by atoms with van der Waals surface area (Å²) in [4.78, 5) is 32.9. The zero-order valence-electron chi connectivity index (χ0n) is 12.0. The van der Waals surface area contributed by atoms with E-state index >= 15 is 0 Å². The molecule has 1 aliphatic rings. The van der Waals surface area contributed by atoms with Crippen LogP contribution in [0.5, 0.6) is 0 Å². The number of rotatable bonds is 4. The molecular weight excluding hydrogens is 357 g/mol. The lowest BCUT2D eigenvalue weighted by Crippen LogP contribution is -2.37. The molecule has 0 radical (unpaired) electrons. The van der Waals surface area contributed by atoms with Crippen LogP contribution < -0.4 is 11.4 Å². The first-order chi connectivity index (χ1) is 9.73. The van der Waals surface area contributed by atoms with Crippen molar-refractivity contribution in [1.82, 2.24) is 9.55 Å². The number of nitrogens with zero attached hydrogens (tertiary/aromatic N) is 2. The summed E-state index contributed by atoms with van der Waals surface area (Å²) < 4.78 is 21.5. The third kappa shape index (κ3) is 5.29. The van der Waals surface area contributed by atoms with Crippen molar-refractivity contribution in [2.45, 2.75) is 24.5 Å². The average Bonchev–Trinajstić information content (AvgIpc) is 2.65. The maximum Gasteiger partial charge on any atom is 0.470 e. The van der Waals surface area contributed by atoms with Crippen LogP contribution in [0.15, 0.2) is 17.1 Å². The van der Waals surface area contributed by atoms with Gasteiger partial charge in [-0.05, 0) is 6.07 Å². The Balaban J connectivity index is 0. The molecule has 1 saturated heterocycles. The molecule has 15 heteroatoms. The Labute approximate surface area is 134 Å². The van der Waals surface area contributed by atoms with E-state index in [9.17, 15) is 14.5 Å². The van der Waals surface area contributed by atoms with E-state index in [4.69, 9.17) is 25.4 Å². The lowest BCUT2D eigenvalue weighted by molar-refractivity contribution is -0.0543. The minimum Gasteiger partial charge on any atom is -0.412 e. The van der Waals surface area contributed by atoms with Gasteiger partial charge >= 0.3 is 13.5 Å². The highest BCUT2D eigenvalue weighted by Crippen LogP contribution is 2.44. The first-order valence-corrected chi connectivity index (χ1v) is 7.29. The molecule has 0 aromatic carbocycles. The maximum absolute atomic E-state index is 11.7. The van der Waals surface area contributed by atoms with Gasteiger partial charge in [-0.1, -0.05) is 0 Å². The van der Waals surface area contributed by atoms with Crippen molar-refractivity contribution in [3.05, 3.63) is 22.7 Å². The van der Waals surface area contributed by atoms with Crippen LogP contribution in [0.25, 0.3) is 0 Å². The highest BCUT2D eigenvalue weighted by atomic mass is 31.2. The second-order valence-corrected chi connectivity index (χ2v) is 5.53. The van der Waals surface area contributed by atoms with Gasteiger partial charge in [0.05, 0.1) is 6.61 Å². The molecule has 0 aliphatic carbocycles. The Morgan fingerprint density at radius 2 is 1.96 bits per heavy atom. The SMILES string of the molecule is Nc1ccn([C@@H]2O[C@H](CO)[C@@H](O)[C@H]2OP(=O)(O)O)c(=O)n1.O.O.O. The van der Waals surface area contributed by atoms with Gasteiger partial charge in [0.15, 0.2) is 6.23 Å².